The lowest BCUT2D eigenvalue weighted by Crippen LogP contribution is -2.30. The summed E-state index contributed by atoms with van der Waals surface area (Å²) in [7, 11) is 0. The van der Waals surface area contributed by atoms with Crippen molar-refractivity contribution in [2.24, 2.45) is 16.2 Å². The lowest BCUT2D eigenvalue weighted by atomic mass is 9.77. The van der Waals surface area contributed by atoms with Gasteiger partial charge in [-0.1, -0.05) is 41.5 Å². The lowest BCUT2D eigenvalue weighted by molar-refractivity contribution is -0.149. The van der Waals surface area contributed by atoms with E-state index in [2.05, 4.69) is 41.5 Å². The van der Waals surface area contributed by atoms with E-state index in [-0.39, 0.29) is 16.9 Å². The Morgan fingerprint density at radius 3 is 1.58 bits per heavy atom. The molecule has 4 nitrogen and oxygen atoms in total. The van der Waals surface area contributed by atoms with Crippen molar-refractivity contribution in [3.05, 3.63) is 0 Å². The third kappa shape index (κ3) is 11.0. The van der Waals surface area contributed by atoms with Crippen molar-refractivity contribution in [2.45, 2.75) is 106 Å². The predicted octanol–water partition coefficient (Wildman–Crippen LogP) is 4.62. The van der Waals surface area contributed by atoms with Gasteiger partial charge in [0.05, 0.1) is 17.6 Å². The summed E-state index contributed by atoms with van der Waals surface area (Å²) in [5.41, 5.74) is -0.719. The summed E-state index contributed by atoms with van der Waals surface area (Å²) < 4.78 is 0. The van der Waals surface area contributed by atoms with E-state index in [9.17, 15) is 20.1 Å². The van der Waals surface area contributed by atoms with Crippen LogP contribution in [0.1, 0.15) is 93.4 Å². The Labute approximate surface area is 148 Å². The number of rotatable bonds is 10. The molecule has 144 valence electrons. The van der Waals surface area contributed by atoms with Crippen molar-refractivity contribution in [2.75, 3.05) is 0 Å². The van der Waals surface area contributed by atoms with Crippen LogP contribution in [-0.2, 0) is 4.79 Å². The zero-order valence-electron chi connectivity index (χ0n) is 16.9. The van der Waals surface area contributed by atoms with Crippen molar-refractivity contribution >= 4 is 5.97 Å². The quantitative estimate of drug-likeness (QED) is 0.540. The third-order valence-corrected chi connectivity index (χ3v) is 4.51. The summed E-state index contributed by atoms with van der Waals surface area (Å²) in [6, 6.07) is 0. The van der Waals surface area contributed by atoms with E-state index in [1.807, 2.05) is 0 Å². The summed E-state index contributed by atoms with van der Waals surface area (Å²) >= 11 is 0. The Balaban J connectivity index is 4.43. The Hall–Kier alpha value is -0.610. The van der Waals surface area contributed by atoms with Crippen molar-refractivity contribution in [3.8, 4) is 0 Å². The van der Waals surface area contributed by atoms with Crippen LogP contribution in [0, 0.1) is 16.2 Å². The van der Waals surface area contributed by atoms with Crippen molar-refractivity contribution < 1.29 is 20.1 Å². The minimum atomic E-state index is -0.833. The van der Waals surface area contributed by atoms with Gasteiger partial charge >= 0.3 is 5.97 Å². The average Bonchev–Trinajstić information content (AvgIpc) is 2.31. The smallest absolute Gasteiger partial charge is 0.309 e. The second kappa shape index (κ2) is 9.19. The Bertz CT molecular complexity index is 378. The molecule has 0 bridgehead atoms. The van der Waals surface area contributed by atoms with Crippen LogP contribution >= 0.6 is 0 Å². The highest BCUT2D eigenvalue weighted by Crippen LogP contribution is 2.33. The molecule has 0 aromatic carbocycles. The van der Waals surface area contributed by atoms with Gasteiger partial charge in [0.15, 0.2) is 0 Å². The molecule has 3 N–H and O–H groups in total. The van der Waals surface area contributed by atoms with Crippen LogP contribution < -0.4 is 0 Å². The number of aliphatic hydroxyl groups is 2. The van der Waals surface area contributed by atoms with E-state index in [0.717, 1.165) is 6.42 Å². The summed E-state index contributed by atoms with van der Waals surface area (Å²) in [5.74, 6) is -0.809. The van der Waals surface area contributed by atoms with Crippen molar-refractivity contribution in [1.29, 1.82) is 0 Å². The van der Waals surface area contributed by atoms with Gasteiger partial charge in [-0.25, -0.2) is 0 Å². The van der Waals surface area contributed by atoms with Gasteiger partial charge in [0.1, 0.15) is 0 Å². The topological polar surface area (TPSA) is 77.8 Å². The predicted molar refractivity (Wildman–Crippen MR) is 99.0 cm³/mol. The van der Waals surface area contributed by atoms with E-state index in [4.69, 9.17) is 0 Å². The van der Waals surface area contributed by atoms with Crippen molar-refractivity contribution in [1.82, 2.24) is 0 Å². The maximum Gasteiger partial charge on any atom is 0.309 e. The van der Waals surface area contributed by atoms with Gasteiger partial charge < -0.3 is 15.3 Å². The number of carboxylic acid groups (broad SMARTS) is 1. The maximum absolute atomic E-state index is 11.7. The maximum atomic E-state index is 11.7. The first kappa shape index (κ1) is 23.4. The largest absolute Gasteiger partial charge is 0.481 e. The number of carbonyl (C=O) groups is 1. The van der Waals surface area contributed by atoms with Crippen LogP contribution in [-0.4, -0.2) is 33.5 Å². The van der Waals surface area contributed by atoms with Crippen LogP contribution in [0.3, 0.4) is 0 Å². The van der Waals surface area contributed by atoms with Crippen molar-refractivity contribution in [3.63, 3.8) is 0 Å². The molecule has 3 atom stereocenters. The molecule has 0 spiro atoms. The molecule has 0 heterocycles. The van der Waals surface area contributed by atoms with Gasteiger partial charge in [0.2, 0.25) is 0 Å². The highest BCUT2D eigenvalue weighted by molar-refractivity contribution is 5.74. The number of aliphatic carboxylic acids is 1. The molecule has 24 heavy (non-hydrogen) atoms. The molecule has 0 aliphatic carbocycles. The van der Waals surface area contributed by atoms with Crippen LogP contribution in [0.4, 0.5) is 0 Å². The van der Waals surface area contributed by atoms with Crippen LogP contribution in [0.15, 0.2) is 0 Å². The minimum Gasteiger partial charge on any atom is -0.481 e. The van der Waals surface area contributed by atoms with Gasteiger partial charge in [-0.3, -0.25) is 4.79 Å². The summed E-state index contributed by atoms with van der Waals surface area (Å²) in [5, 5.41) is 29.8. The Morgan fingerprint density at radius 1 is 0.792 bits per heavy atom. The second-order valence-electron chi connectivity index (χ2n) is 10.1. The Kier molecular flexibility index (Phi) is 8.95. The fraction of sp³-hybridized carbons (Fsp3) is 0.950. The highest BCUT2D eigenvalue weighted by atomic mass is 16.4. The lowest BCUT2D eigenvalue weighted by Gasteiger charge is -2.29. The van der Waals surface area contributed by atoms with Gasteiger partial charge in [0, 0.05) is 0 Å². The van der Waals surface area contributed by atoms with E-state index in [1.165, 1.54) is 0 Å². The molecule has 4 heteroatoms. The zero-order chi connectivity index (χ0) is 19.2. The summed E-state index contributed by atoms with van der Waals surface area (Å²) in [6.45, 7) is 14.3. The van der Waals surface area contributed by atoms with E-state index in [1.54, 1.807) is 6.92 Å². The first-order chi connectivity index (χ1) is 10.6. The number of carboxylic acids is 1. The molecule has 0 fully saturated rings. The van der Waals surface area contributed by atoms with E-state index < -0.39 is 17.5 Å². The molecule has 0 aromatic heterocycles. The van der Waals surface area contributed by atoms with Gasteiger partial charge in [-0.2, -0.15) is 0 Å². The molecule has 0 aliphatic rings. The van der Waals surface area contributed by atoms with Gasteiger partial charge in [0.25, 0.3) is 0 Å². The molecule has 0 aliphatic heterocycles. The molecule has 0 saturated carbocycles. The molecule has 0 saturated heterocycles. The average molecular weight is 345 g/mol. The second-order valence-corrected chi connectivity index (χ2v) is 10.1. The number of aliphatic hydroxyl groups excluding tert-OH is 2. The van der Waals surface area contributed by atoms with Crippen LogP contribution in [0.25, 0.3) is 0 Å². The standard InChI is InChI=1S/C20H40O4/c1-18(2,3)13-15(21)9-8-11-20(7,17(23)24)12-10-16(22)14-19(4,5)6/h15-16,21-22H,8-14H2,1-7H3,(H,23,24). The molecule has 0 rings (SSSR count). The Morgan fingerprint density at radius 2 is 1.21 bits per heavy atom. The van der Waals surface area contributed by atoms with Gasteiger partial charge in [-0.05, 0) is 62.7 Å². The third-order valence-electron chi connectivity index (χ3n) is 4.51. The monoisotopic (exact) mass is 344 g/mol. The fourth-order valence-electron chi connectivity index (χ4n) is 3.17. The van der Waals surface area contributed by atoms with Crippen LogP contribution in [0.5, 0.6) is 0 Å². The molecule has 0 amide bonds. The minimum absolute atomic E-state index is 0.0378. The molecular weight excluding hydrogens is 304 g/mol. The number of hydrogen-bond acceptors (Lipinski definition) is 3. The first-order valence-electron chi connectivity index (χ1n) is 9.24. The normalized spacial score (nSPS) is 18.0. The first-order valence-corrected chi connectivity index (χ1v) is 9.24. The zero-order valence-corrected chi connectivity index (χ0v) is 16.9. The molecule has 0 radical (unpaired) electrons. The SMILES string of the molecule is CC(C)(C)CC(O)CCCC(C)(CCC(O)CC(C)(C)C)C(=O)O. The fourth-order valence-corrected chi connectivity index (χ4v) is 3.17. The molecule has 0 aromatic rings. The molecular formula is C20H40O4. The van der Waals surface area contributed by atoms with E-state index >= 15 is 0 Å². The van der Waals surface area contributed by atoms with Crippen LogP contribution in [0.2, 0.25) is 0 Å². The van der Waals surface area contributed by atoms with E-state index in [0.29, 0.717) is 38.5 Å². The molecule has 3 unspecified atom stereocenters. The van der Waals surface area contributed by atoms with Gasteiger partial charge in [-0.15, -0.1) is 0 Å². The summed E-state index contributed by atoms with van der Waals surface area (Å²) in [6.07, 6.45) is 3.38. The number of hydrogen-bond donors (Lipinski definition) is 3. The highest BCUT2D eigenvalue weighted by Gasteiger charge is 2.33. The summed E-state index contributed by atoms with van der Waals surface area (Å²) in [4.78, 5) is 11.7.